The Morgan fingerprint density at radius 3 is 1.64 bits per heavy atom. The van der Waals surface area contributed by atoms with Crippen LogP contribution in [0.5, 0.6) is 0 Å². The summed E-state index contributed by atoms with van der Waals surface area (Å²) in [6.07, 6.45) is 1.28. The second kappa shape index (κ2) is 10.1. The minimum absolute atomic E-state index is 0.412. The Kier molecular flexibility index (Phi) is 8.07. The van der Waals surface area contributed by atoms with Crippen LogP contribution in [0.2, 0.25) is 0 Å². The predicted octanol–water partition coefficient (Wildman–Crippen LogP) is 2.54. The number of rotatable bonds is 11. The Bertz CT molecular complexity index is 442. The summed E-state index contributed by atoms with van der Waals surface area (Å²) in [6.45, 7) is 2.99. The zero-order valence-corrected chi connectivity index (χ0v) is 14.2. The molecule has 2 atom stereocenters. The maximum Gasteiger partial charge on any atom is 0.0922 e. The van der Waals surface area contributed by atoms with Crippen LogP contribution in [0.25, 0.3) is 0 Å². The van der Waals surface area contributed by atoms with Gasteiger partial charge in [0, 0.05) is 13.1 Å². The molecule has 0 aliphatic carbocycles. The summed E-state index contributed by atoms with van der Waals surface area (Å²) < 4.78 is 0. The predicted molar refractivity (Wildman–Crippen MR) is 93.5 cm³/mol. The van der Waals surface area contributed by atoms with Crippen LogP contribution in [0.4, 0.5) is 0 Å². The molecule has 4 nitrogen and oxygen atoms in total. The number of aliphatic hydroxyl groups excluding tert-OH is 2. The first-order valence-electron chi connectivity index (χ1n) is 7.59. The Labute approximate surface area is 139 Å². The van der Waals surface area contributed by atoms with Crippen molar-refractivity contribution in [2.45, 2.75) is 25.0 Å². The zero-order chi connectivity index (χ0) is 15.6. The van der Waals surface area contributed by atoms with Gasteiger partial charge in [0.2, 0.25) is 0 Å². The van der Waals surface area contributed by atoms with E-state index in [1.165, 1.54) is 0 Å². The number of unbranched alkanes of at least 4 members (excludes halogenated alkanes) is 1. The van der Waals surface area contributed by atoms with Gasteiger partial charge in [-0.2, -0.15) is 22.7 Å². The quantitative estimate of drug-likeness (QED) is 0.475. The summed E-state index contributed by atoms with van der Waals surface area (Å²) in [6, 6.07) is 3.92. The summed E-state index contributed by atoms with van der Waals surface area (Å²) in [5, 5.41) is 34.3. The summed E-state index contributed by atoms with van der Waals surface area (Å²) >= 11 is 3.21. The second-order valence-corrected chi connectivity index (χ2v) is 6.82. The maximum atomic E-state index is 9.91. The molecule has 2 aromatic rings. The topological polar surface area (TPSA) is 64.5 Å². The lowest BCUT2D eigenvalue weighted by Gasteiger charge is -2.12. The fourth-order valence-electron chi connectivity index (χ4n) is 2.14. The monoisotopic (exact) mass is 340 g/mol. The van der Waals surface area contributed by atoms with Crippen molar-refractivity contribution in [3.63, 3.8) is 0 Å². The normalized spacial score (nSPS) is 14.1. The standard InChI is InChI=1S/C16H24N2O2S2/c19-15(13-3-7-21-11-13)9-17-5-1-2-6-18-10-16(20)14-4-8-22-12-14/h3-4,7-8,11-12,15-20H,1-2,5-6,9-10H2/t15-,16-/m0/s1. The minimum Gasteiger partial charge on any atom is -0.387 e. The van der Waals surface area contributed by atoms with E-state index >= 15 is 0 Å². The van der Waals surface area contributed by atoms with Crippen molar-refractivity contribution in [2.24, 2.45) is 0 Å². The van der Waals surface area contributed by atoms with Gasteiger partial charge in [0.1, 0.15) is 0 Å². The first kappa shape index (κ1) is 17.6. The molecule has 2 heterocycles. The van der Waals surface area contributed by atoms with Crippen molar-refractivity contribution in [2.75, 3.05) is 26.2 Å². The molecule has 122 valence electrons. The van der Waals surface area contributed by atoms with Crippen LogP contribution in [0.3, 0.4) is 0 Å². The largest absolute Gasteiger partial charge is 0.387 e. The number of hydrogen-bond acceptors (Lipinski definition) is 6. The van der Waals surface area contributed by atoms with E-state index < -0.39 is 12.2 Å². The molecule has 0 saturated carbocycles. The molecule has 0 amide bonds. The van der Waals surface area contributed by atoms with Crippen molar-refractivity contribution >= 4 is 22.7 Å². The van der Waals surface area contributed by atoms with Crippen LogP contribution >= 0.6 is 22.7 Å². The third-order valence-corrected chi connectivity index (χ3v) is 4.89. The van der Waals surface area contributed by atoms with E-state index in [4.69, 9.17) is 0 Å². The molecule has 0 saturated heterocycles. The van der Waals surface area contributed by atoms with Crippen LogP contribution in [-0.4, -0.2) is 36.4 Å². The van der Waals surface area contributed by atoms with Gasteiger partial charge < -0.3 is 20.8 Å². The lowest BCUT2D eigenvalue weighted by Crippen LogP contribution is -2.25. The van der Waals surface area contributed by atoms with E-state index in [1.807, 2.05) is 33.7 Å². The molecule has 22 heavy (non-hydrogen) atoms. The third-order valence-electron chi connectivity index (χ3n) is 3.49. The highest BCUT2D eigenvalue weighted by atomic mass is 32.1. The fraction of sp³-hybridized carbons (Fsp3) is 0.500. The molecule has 0 fully saturated rings. The molecule has 0 aromatic carbocycles. The molecule has 0 aliphatic rings. The highest BCUT2D eigenvalue weighted by Gasteiger charge is 2.07. The van der Waals surface area contributed by atoms with Crippen molar-refractivity contribution in [1.82, 2.24) is 10.6 Å². The molecule has 4 N–H and O–H groups in total. The Morgan fingerprint density at radius 1 is 0.818 bits per heavy atom. The molecule has 0 radical (unpaired) electrons. The van der Waals surface area contributed by atoms with E-state index in [2.05, 4.69) is 10.6 Å². The Morgan fingerprint density at radius 2 is 1.27 bits per heavy atom. The molecule has 6 heteroatoms. The van der Waals surface area contributed by atoms with Gasteiger partial charge in [-0.1, -0.05) is 0 Å². The van der Waals surface area contributed by atoms with E-state index in [0.29, 0.717) is 13.1 Å². The maximum absolute atomic E-state index is 9.91. The van der Waals surface area contributed by atoms with E-state index in [0.717, 1.165) is 37.1 Å². The van der Waals surface area contributed by atoms with Gasteiger partial charge >= 0.3 is 0 Å². The van der Waals surface area contributed by atoms with Crippen LogP contribution in [-0.2, 0) is 0 Å². The molecule has 0 bridgehead atoms. The van der Waals surface area contributed by atoms with Gasteiger partial charge in [-0.3, -0.25) is 0 Å². The Balaban J connectivity index is 1.43. The molecule has 2 rings (SSSR count). The Hall–Kier alpha value is -0.760. The van der Waals surface area contributed by atoms with Crippen LogP contribution in [0.15, 0.2) is 33.7 Å². The average Bonchev–Trinajstić information content (AvgIpc) is 3.22. The summed E-state index contributed by atoms with van der Waals surface area (Å²) in [7, 11) is 0. The third kappa shape index (κ3) is 6.16. The van der Waals surface area contributed by atoms with E-state index in [1.54, 1.807) is 22.7 Å². The van der Waals surface area contributed by atoms with Crippen molar-refractivity contribution < 1.29 is 10.2 Å². The van der Waals surface area contributed by atoms with Crippen molar-refractivity contribution in [3.8, 4) is 0 Å². The van der Waals surface area contributed by atoms with Gasteiger partial charge in [-0.15, -0.1) is 0 Å². The minimum atomic E-state index is -0.412. The van der Waals surface area contributed by atoms with Crippen LogP contribution < -0.4 is 10.6 Å². The molecular weight excluding hydrogens is 316 g/mol. The van der Waals surface area contributed by atoms with E-state index in [-0.39, 0.29) is 0 Å². The molecule has 0 aliphatic heterocycles. The highest BCUT2D eigenvalue weighted by molar-refractivity contribution is 7.08. The molecule has 2 aromatic heterocycles. The highest BCUT2D eigenvalue weighted by Crippen LogP contribution is 2.15. The number of aliphatic hydroxyl groups is 2. The smallest absolute Gasteiger partial charge is 0.0922 e. The lowest BCUT2D eigenvalue weighted by atomic mass is 10.2. The molecule has 0 unspecified atom stereocenters. The number of nitrogens with one attached hydrogen (secondary N) is 2. The molecular formula is C16H24N2O2S2. The first-order valence-corrected chi connectivity index (χ1v) is 9.47. The van der Waals surface area contributed by atoms with Crippen LogP contribution in [0.1, 0.15) is 36.2 Å². The summed E-state index contributed by atoms with van der Waals surface area (Å²) in [5.74, 6) is 0. The van der Waals surface area contributed by atoms with Gasteiger partial charge in [-0.25, -0.2) is 0 Å². The van der Waals surface area contributed by atoms with Crippen molar-refractivity contribution in [3.05, 3.63) is 44.8 Å². The van der Waals surface area contributed by atoms with Gasteiger partial charge in [-0.05, 0) is 70.7 Å². The first-order chi connectivity index (χ1) is 10.8. The number of thiophene rings is 2. The summed E-state index contributed by atoms with van der Waals surface area (Å²) in [5.41, 5.74) is 1.98. The fourth-order valence-corrected chi connectivity index (χ4v) is 3.56. The van der Waals surface area contributed by atoms with Crippen LogP contribution in [0, 0.1) is 0 Å². The second-order valence-electron chi connectivity index (χ2n) is 5.26. The average molecular weight is 341 g/mol. The van der Waals surface area contributed by atoms with Gasteiger partial charge in [0.25, 0.3) is 0 Å². The van der Waals surface area contributed by atoms with Crippen molar-refractivity contribution in [1.29, 1.82) is 0 Å². The van der Waals surface area contributed by atoms with Gasteiger partial charge in [0.15, 0.2) is 0 Å². The molecule has 0 spiro atoms. The van der Waals surface area contributed by atoms with E-state index in [9.17, 15) is 10.2 Å². The number of hydrogen-bond donors (Lipinski definition) is 4. The SMILES string of the molecule is O[C@@H](CNCCCCNC[C@H](O)c1ccsc1)c1ccsc1. The zero-order valence-electron chi connectivity index (χ0n) is 12.6. The summed E-state index contributed by atoms with van der Waals surface area (Å²) in [4.78, 5) is 0. The van der Waals surface area contributed by atoms with Gasteiger partial charge in [0.05, 0.1) is 12.2 Å². The lowest BCUT2D eigenvalue weighted by molar-refractivity contribution is 0.173.